The lowest BCUT2D eigenvalue weighted by atomic mass is 10.1. The summed E-state index contributed by atoms with van der Waals surface area (Å²) in [6.45, 7) is 3.72. The second kappa shape index (κ2) is 6.31. The molecule has 0 radical (unpaired) electrons. The van der Waals surface area contributed by atoms with Gasteiger partial charge in [0.1, 0.15) is 0 Å². The molecule has 2 amide bonds. The van der Waals surface area contributed by atoms with Gasteiger partial charge in [-0.1, -0.05) is 5.21 Å². The van der Waals surface area contributed by atoms with Crippen LogP contribution in [0.2, 0.25) is 0 Å². The van der Waals surface area contributed by atoms with E-state index in [1.807, 2.05) is 29.3 Å². The van der Waals surface area contributed by atoms with Crippen molar-refractivity contribution >= 4 is 17.5 Å². The number of aromatic nitrogens is 3. The smallest absolute Gasteiger partial charge is 0.254 e. The molecule has 1 atom stereocenters. The fourth-order valence-corrected chi connectivity index (χ4v) is 3.87. The van der Waals surface area contributed by atoms with E-state index in [1.54, 1.807) is 22.7 Å². The first-order valence-electron chi connectivity index (χ1n) is 8.69. The van der Waals surface area contributed by atoms with Crippen LogP contribution in [0.4, 0.5) is 5.69 Å². The maximum absolute atomic E-state index is 13.0. The van der Waals surface area contributed by atoms with Crippen molar-refractivity contribution in [3.63, 3.8) is 0 Å². The number of rotatable bonds is 3. The molecular formula is C18H21N5O2. The molecule has 4 rings (SSSR count). The Morgan fingerprint density at radius 1 is 1.28 bits per heavy atom. The number of carbonyl (C=O) groups excluding carboxylic acids is 2. The van der Waals surface area contributed by atoms with E-state index in [2.05, 4.69) is 10.3 Å². The summed E-state index contributed by atoms with van der Waals surface area (Å²) in [5, 5.41) is 7.84. The largest absolute Gasteiger partial charge is 0.334 e. The van der Waals surface area contributed by atoms with Crippen LogP contribution in [-0.4, -0.2) is 50.8 Å². The van der Waals surface area contributed by atoms with Crippen LogP contribution in [0.25, 0.3) is 0 Å². The van der Waals surface area contributed by atoms with Crippen molar-refractivity contribution in [2.24, 2.45) is 0 Å². The van der Waals surface area contributed by atoms with Crippen LogP contribution in [0.1, 0.15) is 35.7 Å². The van der Waals surface area contributed by atoms with E-state index in [9.17, 15) is 9.59 Å². The van der Waals surface area contributed by atoms with Crippen molar-refractivity contribution in [1.29, 1.82) is 0 Å². The third-order valence-corrected chi connectivity index (χ3v) is 5.11. The summed E-state index contributed by atoms with van der Waals surface area (Å²) in [6, 6.07) is 5.84. The molecule has 2 aliphatic heterocycles. The molecule has 1 aromatic heterocycles. The zero-order chi connectivity index (χ0) is 17.4. The lowest BCUT2D eigenvalue weighted by Gasteiger charge is -2.25. The van der Waals surface area contributed by atoms with Gasteiger partial charge in [-0.15, -0.1) is 5.10 Å². The van der Waals surface area contributed by atoms with E-state index >= 15 is 0 Å². The number of benzene rings is 1. The van der Waals surface area contributed by atoms with Gasteiger partial charge in [-0.25, -0.2) is 0 Å². The Balaban J connectivity index is 1.53. The van der Waals surface area contributed by atoms with Crippen LogP contribution in [-0.2, 0) is 17.8 Å². The van der Waals surface area contributed by atoms with Gasteiger partial charge in [0.25, 0.3) is 5.91 Å². The zero-order valence-corrected chi connectivity index (χ0v) is 14.3. The van der Waals surface area contributed by atoms with Gasteiger partial charge in [0, 0.05) is 37.5 Å². The molecule has 2 aromatic rings. The first-order valence-corrected chi connectivity index (χ1v) is 8.69. The maximum Gasteiger partial charge on any atom is 0.254 e. The summed E-state index contributed by atoms with van der Waals surface area (Å²) >= 11 is 0. The third kappa shape index (κ3) is 2.90. The van der Waals surface area contributed by atoms with Crippen molar-refractivity contribution in [2.45, 2.75) is 38.8 Å². The van der Waals surface area contributed by atoms with Gasteiger partial charge >= 0.3 is 0 Å². The lowest BCUT2D eigenvalue weighted by Crippen LogP contribution is -2.38. The Hall–Kier alpha value is -2.70. The van der Waals surface area contributed by atoms with Crippen molar-refractivity contribution in [3.05, 3.63) is 41.7 Å². The molecule has 0 aliphatic carbocycles. The van der Waals surface area contributed by atoms with E-state index in [0.717, 1.165) is 37.1 Å². The minimum atomic E-state index is 0.0465. The Morgan fingerprint density at radius 2 is 2.16 bits per heavy atom. The van der Waals surface area contributed by atoms with E-state index < -0.39 is 0 Å². The van der Waals surface area contributed by atoms with Gasteiger partial charge in [-0.05, 0) is 43.0 Å². The van der Waals surface area contributed by atoms with Gasteiger partial charge in [0.15, 0.2) is 0 Å². The van der Waals surface area contributed by atoms with Gasteiger partial charge in [0.05, 0.1) is 18.8 Å². The standard InChI is InChI=1S/C18H21N5O2/c1-13(24)22-9-6-14-11-15(4-5-17(14)22)18(25)23-8-2-3-16(23)12-21-10-7-19-20-21/h4-5,7,10-11,16H,2-3,6,8-9,12H2,1H3/t16-/m0/s1. The number of anilines is 1. The highest BCUT2D eigenvalue weighted by Crippen LogP contribution is 2.30. The number of hydrogen-bond acceptors (Lipinski definition) is 4. The summed E-state index contributed by atoms with van der Waals surface area (Å²) in [5.74, 6) is 0.108. The second-order valence-electron chi connectivity index (χ2n) is 6.68. The number of nitrogens with zero attached hydrogens (tertiary/aromatic N) is 5. The van der Waals surface area contributed by atoms with E-state index in [1.165, 1.54) is 0 Å². The first-order chi connectivity index (χ1) is 12.1. The average Bonchev–Trinajstić information content (AvgIpc) is 3.34. The average molecular weight is 339 g/mol. The highest BCUT2D eigenvalue weighted by molar-refractivity contribution is 5.98. The molecular weight excluding hydrogens is 318 g/mol. The fourth-order valence-electron chi connectivity index (χ4n) is 3.87. The van der Waals surface area contributed by atoms with E-state index in [-0.39, 0.29) is 17.9 Å². The third-order valence-electron chi connectivity index (χ3n) is 5.11. The van der Waals surface area contributed by atoms with Crippen molar-refractivity contribution in [1.82, 2.24) is 19.9 Å². The molecule has 7 heteroatoms. The van der Waals surface area contributed by atoms with Gasteiger partial charge in [0.2, 0.25) is 5.91 Å². The van der Waals surface area contributed by atoms with Crippen LogP contribution in [0.15, 0.2) is 30.6 Å². The molecule has 0 N–H and O–H groups in total. The number of fused-ring (bicyclic) bond motifs is 1. The quantitative estimate of drug-likeness (QED) is 0.849. The van der Waals surface area contributed by atoms with E-state index in [4.69, 9.17) is 0 Å². The number of hydrogen-bond donors (Lipinski definition) is 0. The molecule has 1 aromatic carbocycles. The topological polar surface area (TPSA) is 71.3 Å². The molecule has 1 saturated heterocycles. The molecule has 2 aliphatic rings. The van der Waals surface area contributed by atoms with Crippen LogP contribution in [0.5, 0.6) is 0 Å². The predicted molar refractivity (Wildman–Crippen MR) is 92.3 cm³/mol. The summed E-state index contributed by atoms with van der Waals surface area (Å²) < 4.78 is 1.78. The number of amides is 2. The summed E-state index contributed by atoms with van der Waals surface area (Å²) in [6.07, 6.45) is 6.27. The Bertz CT molecular complexity index is 802. The highest BCUT2D eigenvalue weighted by Gasteiger charge is 2.31. The van der Waals surface area contributed by atoms with Gasteiger partial charge in [-0.2, -0.15) is 0 Å². The van der Waals surface area contributed by atoms with Gasteiger partial charge in [-0.3, -0.25) is 14.3 Å². The summed E-state index contributed by atoms with van der Waals surface area (Å²) in [5.41, 5.74) is 2.72. The Morgan fingerprint density at radius 3 is 2.92 bits per heavy atom. The van der Waals surface area contributed by atoms with E-state index in [0.29, 0.717) is 18.7 Å². The molecule has 130 valence electrons. The normalized spacial score (nSPS) is 19.3. The van der Waals surface area contributed by atoms with Crippen LogP contribution >= 0.6 is 0 Å². The van der Waals surface area contributed by atoms with Gasteiger partial charge < -0.3 is 9.80 Å². The zero-order valence-electron chi connectivity index (χ0n) is 14.3. The molecule has 1 fully saturated rings. The molecule has 0 spiro atoms. The Kier molecular flexibility index (Phi) is 3.99. The number of carbonyl (C=O) groups is 2. The van der Waals surface area contributed by atoms with Crippen LogP contribution in [0, 0.1) is 0 Å². The molecule has 25 heavy (non-hydrogen) atoms. The van der Waals surface area contributed by atoms with Crippen LogP contribution < -0.4 is 4.90 Å². The monoisotopic (exact) mass is 339 g/mol. The maximum atomic E-state index is 13.0. The minimum Gasteiger partial charge on any atom is -0.334 e. The minimum absolute atomic E-state index is 0.0465. The lowest BCUT2D eigenvalue weighted by molar-refractivity contribution is -0.116. The Labute approximate surface area is 146 Å². The molecule has 3 heterocycles. The molecule has 7 nitrogen and oxygen atoms in total. The van der Waals surface area contributed by atoms with Crippen molar-refractivity contribution in [2.75, 3.05) is 18.0 Å². The first kappa shape index (κ1) is 15.8. The van der Waals surface area contributed by atoms with Crippen molar-refractivity contribution in [3.8, 4) is 0 Å². The SMILES string of the molecule is CC(=O)N1CCc2cc(C(=O)N3CCC[C@H]3Cn3ccnn3)ccc21. The molecule has 0 bridgehead atoms. The predicted octanol–water partition coefficient (Wildman–Crippen LogP) is 1.49. The summed E-state index contributed by atoms with van der Waals surface area (Å²) in [7, 11) is 0. The fraction of sp³-hybridized carbons (Fsp3) is 0.444. The highest BCUT2D eigenvalue weighted by atomic mass is 16.2. The molecule has 0 saturated carbocycles. The number of likely N-dealkylation sites (tertiary alicyclic amines) is 1. The molecule has 0 unspecified atom stereocenters. The van der Waals surface area contributed by atoms with Crippen molar-refractivity contribution < 1.29 is 9.59 Å². The second-order valence-corrected chi connectivity index (χ2v) is 6.68. The van der Waals surface area contributed by atoms with Crippen LogP contribution in [0.3, 0.4) is 0 Å². The summed E-state index contributed by atoms with van der Waals surface area (Å²) in [4.78, 5) is 28.4.